The van der Waals surface area contributed by atoms with Crippen molar-refractivity contribution in [3.8, 4) is 0 Å². The summed E-state index contributed by atoms with van der Waals surface area (Å²) < 4.78 is 0. The molecule has 2 aromatic carbocycles. The monoisotopic (exact) mass is 432 g/mol. The Kier molecular flexibility index (Phi) is 5.76. The summed E-state index contributed by atoms with van der Waals surface area (Å²) in [5.74, 6) is -0.768. The van der Waals surface area contributed by atoms with Crippen molar-refractivity contribution in [2.45, 2.75) is 56.9 Å². The van der Waals surface area contributed by atoms with Crippen LogP contribution in [0.1, 0.15) is 46.3 Å². The lowest BCUT2D eigenvalue weighted by atomic mass is 10.00. The molecule has 0 saturated carbocycles. The fourth-order valence-electron chi connectivity index (χ4n) is 5.08. The number of nitrogens with zero attached hydrogens (tertiary/aromatic N) is 1. The number of rotatable bonds is 6. The second-order valence-corrected chi connectivity index (χ2v) is 8.92. The molecule has 7 heteroatoms. The van der Waals surface area contributed by atoms with E-state index in [0.29, 0.717) is 30.6 Å². The number of amides is 3. The number of benzene rings is 2. The van der Waals surface area contributed by atoms with Crippen LogP contribution in [0.4, 0.5) is 0 Å². The highest BCUT2D eigenvalue weighted by molar-refractivity contribution is 6.05. The largest absolute Gasteiger partial charge is 0.322 e. The molecule has 2 fully saturated rings. The molecule has 5 rings (SSSR count). The Bertz CT molecular complexity index is 1040. The molecule has 0 aromatic heterocycles. The summed E-state index contributed by atoms with van der Waals surface area (Å²) in [6, 6.07) is 16.7. The van der Waals surface area contributed by atoms with Crippen LogP contribution in [0, 0.1) is 0 Å². The van der Waals surface area contributed by atoms with Crippen LogP contribution in [0.25, 0.3) is 0 Å². The fourth-order valence-corrected chi connectivity index (χ4v) is 5.08. The molecule has 7 nitrogen and oxygen atoms in total. The number of carbonyl (C=O) groups excluding carboxylic acids is 3. The van der Waals surface area contributed by atoms with Gasteiger partial charge in [-0.2, -0.15) is 0 Å². The average Bonchev–Trinajstić information content (AvgIpc) is 3.37. The first-order valence-electron chi connectivity index (χ1n) is 11.4. The molecule has 32 heavy (non-hydrogen) atoms. The van der Waals surface area contributed by atoms with Gasteiger partial charge in [0, 0.05) is 37.2 Å². The second kappa shape index (κ2) is 8.84. The third-order valence-electron chi connectivity index (χ3n) is 6.80. The molecule has 3 unspecified atom stereocenters. The maximum Gasteiger partial charge on any atom is 0.255 e. The van der Waals surface area contributed by atoms with Gasteiger partial charge in [-0.15, -0.1) is 0 Å². The van der Waals surface area contributed by atoms with Gasteiger partial charge in [-0.1, -0.05) is 42.5 Å². The van der Waals surface area contributed by atoms with E-state index < -0.39 is 6.04 Å². The fraction of sp³-hybridized carbons (Fsp3) is 0.400. The van der Waals surface area contributed by atoms with Crippen LogP contribution in [0.5, 0.6) is 0 Å². The van der Waals surface area contributed by atoms with Gasteiger partial charge >= 0.3 is 0 Å². The van der Waals surface area contributed by atoms with Crippen LogP contribution in [0.2, 0.25) is 0 Å². The molecule has 3 aliphatic rings. The molecule has 0 radical (unpaired) electrons. The molecule has 0 aliphatic carbocycles. The Morgan fingerprint density at radius 3 is 2.66 bits per heavy atom. The number of hydrogen-bond acceptors (Lipinski definition) is 5. The Morgan fingerprint density at radius 1 is 1.00 bits per heavy atom. The minimum absolute atomic E-state index is 0.128. The van der Waals surface area contributed by atoms with Gasteiger partial charge in [0.05, 0.1) is 0 Å². The minimum Gasteiger partial charge on any atom is -0.322 e. The van der Waals surface area contributed by atoms with Crippen LogP contribution in [0.15, 0.2) is 48.5 Å². The van der Waals surface area contributed by atoms with Gasteiger partial charge in [0.2, 0.25) is 11.8 Å². The van der Waals surface area contributed by atoms with Crippen molar-refractivity contribution in [2.75, 3.05) is 6.54 Å². The summed E-state index contributed by atoms with van der Waals surface area (Å²) in [4.78, 5) is 38.1. The Balaban J connectivity index is 1.22. The van der Waals surface area contributed by atoms with E-state index in [1.807, 2.05) is 18.2 Å². The predicted octanol–water partition coefficient (Wildman–Crippen LogP) is 1.51. The first-order chi connectivity index (χ1) is 15.6. The third-order valence-corrected chi connectivity index (χ3v) is 6.80. The molecule has 2 aromatic rings. The van der Waals surface area contributed by atoms with Crippen LogP contribution < -0.4 is 16.0 Å². The molecule has 3 atom stereocenters. The summed E-state index contributed by atoms with van der Waals surface area (Å²) in [5, 5.41) is 9.66. The van der Waals surface area contributed by atoms with Gasteiger partial charge in [0.25, 0.3) is 5.91 Å². The van der Waals surface area contributed by atoms with E-state index in [4.69, 9.17) is 0 Å². The zero-order valence-corrected chi connectivity index (χ0v) is 18.0. The lowest BCUT2D eigenvalue weighted by molar-refractivity contribution is -0.136. The number of carbonyl (C=O) groups is 3. The highest BCUT2D eigenvalue weighted by Crippen LogP contribution is 2.28. The quantitative estimate of drug-likeness (QED) is 0.602. The molecule has 0 spiro atoms. The third kappa shape index (κ3) is 4.18. The van der Waals surface area contributed by atoms with Gasteiger partial charge < -0.3 is 15.5 Å². The van der Waals surface area contributed by atoms with Crippen molar-refractivity contribution >= 4 is 17.7 Å². The number of hydrogen-bond donors (Lipinski definition) is 3. The summed E-state index contributed by atoms with van der Waals surface area (Å²) in [7, 11) is 0. The van der Waals surface area contributed by atoms with Crippen LogP contribution >= 0.6 is 0 Å². The molecular weight excluding hydrogens is 404 g/mol. The van der Waals surface area contributed by atoms with Crippen LogP contribution in [-0.4, -0.2) is 47.3 Å². The molecule has 2 saturated heterocycles. The zero-order valence-electron chi connectivity index (χ0n) is 18.0. The Labute approximate surface area is 187 Å². The van der Waals surface area contributed by atoms with Crippen molar-refractivity contribution in [1.29, 1.82) is 0 Å². The topological polar surface area (TPSA) is 90.5 Å². The van der Waals surface area contributed by atoms with Gasteiger partial charge in [-0.3, -0.25) is 19.7 Å². The van der Waals surface area contributed by atoms with Crippen molar-refractivity contribution in [2.24, 2.45) is 0 Å². The summed E-state index contributed by atoms with van der Waals surface area (Å²) in [6.07, 6.45) is 2.74. The number of fused-ring (bicyclic) bond motifs is 1. The van der Waals surface area contributed by atoms with E-state index in [0.717, 1.165) is 37.1 Å². The summed E-state index contributed by atoms with van der Waals surface area (Å²) >= 11 is 0. The maximum atomic E-state index is 12.9. The van der Waals surface area contributed by atoms with Crippen molar-refractivity contribution < 1.29 is 14.4 Å². The van der Waals surface area contributed by atoms with E-state index in [2.05, 4.69) is 46.3 Å². The number of imide groups is 1. The molecule has 3 N–H and O–H groups in total. The van der Waals surface area contributed by atoms with Crippen LogP contribution in [0.3, 0.4) is 0 Å². The van der Waals surface area contributed by atoms with Crippen molar-refractivity contribution in [1.82, 2.24) is 20.9 Å². The maximum absolute atomic E-state index is 12.9. The van der Waals surface area contributed by atoms with Gasteiger partial charge in [0.1, 0.15) is 6.04 Å². The molecule has 0 bridgehead atoms. The lowest BCUT2D eigenvalue weighted by Crippen LogP contribution is -2.52. The molecule has 166 valence electrons. The Morgan fingerprint density at radius 2 is 1.84 bits per heavy atom. The summed E-state index contributed by atoms with van der Waals surface area (Å²) in [6.45, 7) is 2.15. The first kappa shape index (κ1) is 20.8. The van der Waals surface area contributed by atoms with E-state index in [9.17, 15) is 14.4 Å². The van der Waals surface area contributed by atoms with Crippen molar-refractivity contribution in [3.63, 3.8) is 0 Å². The lowest BCUT2D eigenvalue weighted by Gasteiger charge is -2.29. The smallest absolute Gasteiger partial charge is 0.255 e. The van der Waals surface area contributed by atoms with E-state index in [1.165, 1.54) is 5.56 Å². The highest BCUT2D eigenvalue weighted by Gasteiger charge is 2.39. The summed E-state index contributed by atoms with van der Waals surface area (Å²) in [5.41, 5.74) is 4.07. The second-order valence-electron chi connectivity index (χ2n) is 8.92. The number of piperidine rings is 1. The van der Waals surface area contributed by atoms with E-state index in [1.54, 1.807) is 4.90 Å². The SMILES string of the molecule is O=C1CCC(N2Cc3cc(CNC4CCNC4Cc4ccccc4)ccc3C2=O)C(=O)N1. The average molecular weight is 433 g/mol. The van der Waals surface area contributed by atoms with Gasteiger partial charge in [-0.05, 0) is 48.6 Å². The standard InChI is InChI=1S/C25H28N4O3/c30-23-9-8-22(24(31)28-23)29-15-18-12-17(6-7-19(18)25(29)32)14-27-20-10-11-26-21(20)13-16-4-2-1-3-5-16/h1-7,12,20-22,26-27H,8-11,13-15H2,(H,28,30,31). The normalized spacial score (nSPS) is 25.2. The van der Waals surface area contributed by atoms with Crippen molar-refractivity contribution in [3.05, 3.63) is 70.8 Å². The molecular formula is C25H28N4O3. The van der Waals surface area contributed by atoms with Gasteiger partial charge in [-0.25, -0.2) is 0 Å². The van der Waals surface area contributed by atoms with E-state index in [-0.39, 0.29) is 24.1 Å². The molecule has 3 aliphatic heterocycles. The zero-order chi connectivity index (χ0) is 22.1. The van der Waals surface area contributed by atoms with E-state index >= 15 is 0 Å². The predicted molar refractivity (Wildman–Crippen MR) is 120 cm³/mol. The minimum atomic E-state index is -0.572. The highest BCUT2D eigenvalue weighted by atomic mass is 16.2. The number of nitrogens with one attached hydrogen (secondary N) is 3. The van der Waals surface area contributed by atoms with Gasteiger partial charge in [0.15, 0.2) is 0 Å². The Hall–Kier alpha value is -3.03. The first-order valence-corrected chi connectivity index (χ1v) is 11.4. The molecule has 3 amide bonds. The van der Waals surface area contributed by atoms with Crippen LogP contribution in [-0.2, 0) is 29.1 Å². The molecule has 3 heterocycles.